The number of benzene rings is 2. The second kappa shape index (κ2) is 9.44. The van der Waals surface area contributed by atoms with Crippen LogP contribution in [0.5, 0.6) is 0 Å². The maximum Gasteiger partial charge on any atom is 0.269 e. The van der Waals surface area contributed by atoms with Crippen molar-refractivity contribution in [3.8, 4) is 0 Å². The molecule has 13 heteroatoms. The highest BCUT2D eigenvalue weighted by Crippen LogP contribution is 2.38. The molecule has 2 heterocycles. The third kappa shape index (κ3) is 4.73. The highest BCUT2D eigenvalue weighted by molar-refractivity contribution is 7.89. The van der Waals surface area contributed by atoms with Gasteiger partial charge in [-0.05, 0) is 36.8 Å². The molecule has 0 saturated heterocycles. The molecule has 1 aromatic heterocycles. The predicted octanol–water partition coefficient (Wildman–Crippen LogP) is 2.10. The van der Waals surface area contributed by atoms with Gasteiger partial charge in [-0.25, -0.2) is 18.4 Å². The molecule has 184 valence electrons. The van der Waals surface area contributed by atoms with Crippen LogP contribution in [0.25, 0.3) is 0 Å². The molecule has 4 N–H and O–H groups in total. The van der Waals surface area contributed by atoms with E-state index < -0.39 is 27.2 Å². The molecule has 4 rings (SSSR count). The van der Waals surface area contributed by atoms with Gasteiger partial charge in [-0.15, -0.1) is 0 Å². The van der Waals surface area contributed by atoms with Gasteiger partial charge in [0.25, 0.3) is 5.69 Å². The molecule has 35 heavy (non-hydrogen) atoms. The Hall–Kier alpha value is -3.81. The second-order valence-corrected chi connectivity index (χ2v) is 10.1. The van der Waals surface area contributed by atoms with E-state index in [-0.39, 0.29) is 22.7 Å². The summed E-state index contributed by atoms with van der Waals surface area (Å²) in [4.78, 5) is 20.5. The molecular formula is C22H25N7O5S. The molecule has 12 nitrogen and oxygen atoms in total. The lowest BCUT2D eigenvalue weighted by Gasteiger charge is -2.31. The number of aliphatic hydroxyl groups excluding tert-OH is 1. The number of aromatic nitrogens is 2. The van der Waals surface area contributed by atoms with Gasteiger partial charge in [-0.1, -0.05) is 12.1 Å². The monoisotopic (exact) mass is 499 g/mol. The highest BCUT2D eigenvalue weighted by Gasteiger charge is 2.40. The Bertz CT molecular complexity index is 1330. The predicted molar refractivity (Wildman–Crippen MR) is 130 cm³/mol. The first kappa shape index (κ1) is 24.3. The van der Waals surface area contributed by atoms with Crippen molar-refractivity contribution in [1.82, 2.24) is 14.3 Å². The van der Waals surface area contributed by atoms with Crippen molar-refractivity contribution >= 4 is 33.0 Å². The van der Waals surface area contributed by atoms with Crippen LogP contribution in [-0.4, -0.2) is 52.4 Å². The minimum Gasteiger partial charge on any atom is -0.399 e. The standard InChI is InChI=1S/C22H25N7O5S/c1-14-11-24-20-19(21(26-13-25-20)27(2)12-15-3-5-16(23)6-4-15)22(30)28(14)35(33,34)18-9-7-17(8-10-18)29(31)32/h3-10,13-14,22,30H,11-12,23H2,1-2H3,(H,24,25,26)/t14-,22+/m1/s1. The lowest BCUT2D eigenvalue weighted by atomic mass is 10.1. The highest BCUT2D eigenvalue weighted by atomic mass is 32.2. The number of aliphatic hydroxyl groups is 1. The van der Waals surface area contributed by atoms with Crippen LogP contribution in [0.4, 0.5) is 23.0 Å². The van der Waals surface area contributed by atoms with Crippen molar-refractivity contribution in [3.05, 3.63) is 76.1 Å². The molecular weight excluding hydrogens is 474 g/mol. The Morgan fingerprint density at radius 2 is 1.86 bits per heavy atom. The minimum absolute atomic E-state index is 0.175. The molecule has 0 amide bonds. The number of non-ortho nitro benzene ring substituents is 1. The van der Waals surface area contributed by atoms with E-state index in [9.17, 15) is 23.6 Å². The third-order valence-electron chi connectivity index (χ3n) is 5.75. The lowest BCUT2D eigenvalue weighted by Crippen LogP contribution is -2.43. The molecule has 0 saturated carbocycles. The topological polar surface area (TPSA) is 168 Å². The van der Waals surface area contributed by atoms with Crippen molar-refractivity contribution in [1.29, 1.82) is 0 Å². The summed E-state index contributed by atoms with van der Waals surface area (Å²) in [6.45, 7) is 2.24. The van der Waals surface area contributed by atoms with Gasteiger partial charge >= 0.3 is 0 Å². The summed E-state index contributed by atoms with van der Waals surface area (Å²) in [6.07, 6.45) is -0.265. The van der Waals surface area contributed by atoms with Crippen molar-refractivity contribution in [2.24, 2.45) is 0 Å². The van der Waals surface area contributed by atoms with Crippen LogP contribution in [0.3, 0.4) is 0 Å². The Balaban J connectivity index is 1.73. The fourth-order valence-electron chi connectivity index (χ4n) is 3.97. The molecule has 0 spiro atoms. The maximum absolute atomic E-state index is 13.6. The molecule has 0 aliphatic carbocycles. The number of hydrogen-bond donors (Lipinski definition) is 3. The summed E-state index contributed by atoms with van der Waals surface area (Å²) >= 11 is 0. The number of hydrogen-bond acceptors (Lipinski definition) is 10. The number of sulfonamides is 1. The largest absolute Gasteiger partial charge is 0.399 e. The van der Waals surface area contributed by atoms with Crippen LogP contribution in [-0.2, 0) is 16.6 Å². The summed E-state index contributed by atoms with van der Waals surface area (Å²) in [5, 5.41) is 25.5. The summed E-state index contributed by atoms with van der Waals surface area (Å²) in [5.41, 5.74) is 7.31. The van der Waals surface area contributed by atoms with Gasteiger partial charge in [0.1, 0.15) is 18.0 Å². The first-order valence-electron chi connectivity index (χ1n) is 10.7. The quantitative estimate of drug-likeness (QED) is 0.259. The fourth-order valence-corrected chi connectivity index (χ4v) is 5.61. The first-order valence-corrected chi connectivity index (χ1v) is 12.1. The minimum atomic E-state index is -4.24. The summed E-state index contributed by atoms with van der Waals surface area (Å²) in [5.74, 6) is 0.671. The normalized spacial score (nSPS) is 18.3. The number of rotatable bonds is 6. The Labute approximate surface area is 202 Å². The van der Waals surface area contributed by atoms with Crippen molar-refractivity contribution in [3.63, 3.8) is 0 Å². The average molecular weight is 500 g/mol. The van der Waals surface area contributed by atoms with Gasteiger partial charge in [0.05, 0.1) is 15.4 Å². The maximum atomic E-state index is 13.6. The van der Waals surface area contributed by atoms with Crippen molar-refractivity contribution < 1.29 is 18.4 Å². The van der Waals surface area contributed by atoms with Gasteiger partial charge in [-0.3, -0.25) is 10.1 Å². The van der Waals surface area contributed by atoms with Gasteiger partial charge in [0, 0.05) is 44.0 Å². The fraction of sp³-hybridized carbons (Fsp3) is 0.273. The molecule has 3 aromatic rings. The van der Waals surface area contributed by atoms with Gasteiger partial charge in [0.2, 0.25) is 10.0 Å². The Morgan fingerprint density at radius 1 is 1.20 bits per heavy atom. The van der Waals surface area contributed by atoms with E-state index in [4.69, 9.17) is 5.73 Å². The number of nitrogens with zero attached hydrogens (tertiary/aromatic N) is 5. The number of fused-ring (bicyclic) bond motifs is 1. The smallest absolute Gasteiger partial charge is 0.269 e. The molecule has 0 unspecified atom stereocenters. The van der Waals surface area contributed by atoms with Crippen LogP contribution in [0.15, 0.2) is 59.8 Å². The SMILES string of the molecule is C[C@@H]1CNc2ncnc(N(C)Cc3ccc(N)cc3)c2[C@H](O)N1S(=O)(=O)c1ccc([N+](=O)[O-])cc1. The molecule has 2 aromatic carbocycles. The summed E-state index contributed by atoms with van der Waals surface area (Å²) < 4.78 is 28.1. The Kier molecular flexibility index (Phi) is 6.56. The summed E-state index contributed by atoms with van der Waals surface area (Å²) in [7, 11) is -2.47. The van der Waals surface area contributed by atoms with Crippen molar-refractivity contribution in [2.75, 3.05) is 29.5 Å². The molecule has 1 aliphatic rings. The zero-order valence-electron chi connectivity index (χ0n) is 19.1. The van der Waals surface area contributed by atoms with Crippen LogP contribution in [0, 0.1) is 10.1 Å². The van der Waals surface area contributed by atoms with Crippen LogP contribution in [0.1, 0.15) is 24.3 Å². The van der Waals surface area contributed by atoms with Crippen LogP contribution in [0.2, 0.25) is 0 Å². The third-order valence-corrected chi connectivity index (χ3v) is 7.73. The number of nitro groups is 1. The van der Waals surface area contributed by atoms with E-state index in [0.717, 1.165) is 34.1 Å². The van der Waals surface area contributed by atoms with Crippen molar-refractivity contribution in [2.45, 2.75) is 30.6 Å². The van der Waals surface area contributed by atoms with E-state index in [2.05, 4.69) is 15.3 Å². The number of nitro benzene ring substituents is 1. The van der Waals surface area contributed by atoms with E-state index in [1.54, 1.807) is 31.0 Å². The molecule has 0 radical (unpaired) electrons. The summed E-state index contributed by atoms with van der Waals surface area (Å²) in [6, 6.07) is 11.2. The van der Waals surface area contributed by atoms with Crippen LogP contribution < -0.4 is 16.0 Å². The number of anilines is 3. The van der Waals surface area contributed by atoms with E-state index >= 15 is 0 Å². The lowest BCUT2D eigenvalue weighted by molar-refractivity contribution is -0.384. The van der Waals surface area contributed by atoms with E-state index in [1.165, 1.54) is 6.33 Å². The zero-order valence-corrected chi connectivity index (χ0v) is 19.9. The van der Waals surface area contributed by atoms with Gasteiger partial charge < -0.3 is 21.1 Å². The number of nitrogens with two attached hydrogens (primary N) is 1. The van der Waals surface area contributed by atoms with Gasteiger partial charge in [-0.2, -0.15) is 4.31 Å². The average Bonchev–Trinajstić information content (AvgIpc) is 2.96. The molecule has 2 atom stereocenters. The second-order valence-electron chi connectivity index (χ2n) is 8.25. The molecule has 1 aliphatic heterocycles. The van der Waals surface area contributed by atoms with Crippen LogP contribution >= 0.6 is 0 Å². The number of nitrogens with one attached hydrogen (secondary N) is 1. The zero-order chi connectivity index (χ0) is 25.3. The first-order chi connectivity index (χ1) is 16.6. The van der Waals surface area contributed by atoms with E-state index in [0.29, 0.717) is 23.9 Å². The van der Waals surface area contributed by atoms with E-state index in [1.807, 2.05) is 12.1 Å². The van der Waals surface area contributed by atoms with Gasteiger partial charge in [0.15, 0.2) is 6.23 Å². The molecule has 0 fully saturated rings. The Morgan fingerprint density at radius 3 is 2.49 bits per heavy atom. The molecule has 0 bridgehead atoms. The number of nitrogen functional groups attached to an aromatic ring is 1.